The second-order valence-corrected chi connectivity index (χ2v) is 7.46. The van der Waals surface area contributed by atoms with E-state index in [0.717, 1.165) is 6.42 Å². The third-order valence-electron chi connectivity index (χ3n) is 2.68. The minimum absolute atomic E-state index is 0.254. The molecule has 0 aliphatic rings. The van der Waals surface area contributed by atoms with Gasteiger partial charge in [-0.15, -0.1) is 23.1 Å². The van der Waals surface area contributed by atoms with E-state index >= 15 is 0 Å². The van der Waals surface area contributed by atoms with Crippen LogP contribution >= 0.6 is 39.0 Å². The second-order valence-electron chi connectivity index (χ2n) is 4.01. The first kappa shape index (κ1) is 14.6. The van der Waals surface area contributed by atoms with Gasteiger partial charge in [0.05, 0.1) is 5.25 Å². The lowest BCUT2D eigenvalue weighted by molar-refractivity contribution is 0.637. The van der Waals surface area contributed by atoms with Gasteiger partial charge in [0.25, 0.3) is 0 Å². The molecule has 3 atom stereocenters. The van der Waals surface area contributed by atoms with Gasteiger partial charge >= 0.3 is 0 Å². The van der Waals surface area contributed by atoms with E-state index in [1.807, 2.05) is 11.8 Å². The van der Waals surface area contributed by atoms with Gasteiger partial charge in [0.15, 0.2) is 0 Å². The van der Waals surface area contributed by atoms with Gasteiger partial charge in [-0.1, -0.05) is 20.8 Å². The molecule has 1 aromatic rings. The fraction of sp³-hybridized carbons (Fsp3) is 0.667. The van der Waals surface area contributed by atoms with Crippen molar-refractivity contribution >= 4 is 39.0 Å². The van der Waals surface area contributed by atoms with Crippen molar-refractivity contribution in [2.45, 2.75) is 50.2 Å². The quantitative estimate of drug-likeness (QED) is 0.812. The van der Waals surface area contributed by atoms with Gasteiger partial charge < -0.3 is 5.73 Å². The van der Waals surface area contributed by atoms with Gasteiger partial charge in [0.2, 0.25) is 0 Å². The molecule has 0 fully saturated rings. The van der Waals surface area contributed by atoms with Crippen LogP contribution in [-0.2, 0) is 0 Å². The fourth-order valence-electron chi connectivity index (χ4n) is 1.42. The first-order chi connectivity index (χ1) is 7.58. The minimum Gasteiger partial charge on any atom is -0.326 e. The molecule has 0 radical (unpaired) electrons. The van der Waals surface area contributed by atoms with Gasteiger partial charge in [-0.2, -0.15) is 0 Å². The molecule has 1 heterocycles. The van der Waals surface area contributed by atoms with Crippen LogP contribution in [0, 0.1) is 0 Å². The first-order valence-corrected chi connectivity index (χ1v) is 8.35. The van der Waals surface area contributed by atoms with E-state index in [-0.39, 0.29) is 6.04 Å². The van der Waals surface area contributed by atoms with Crippen molar-refractivity contribution in [2.24, 2.45) is 5.73 Å². The Hall–Kier alpha value is 0.490. The summed E-state index contributed by atoms with van der Waals surface area (Å²) in [4.78, 5) is 1.39. The molecule has 0 aliphatic heterocycles. The third-order valence-corrected chi connectivity index (χ3v) is 6.30. The highest BCUT2D eigenvalue weighted by molar-refractivity contribution is 9.10. The summed E-state index contributed by atoms with van der Waals surface area (Å²) in [6, 6.07) is 2.46. The Labute approximate surface area is 115 Å². The lowest BCUT2D eigenvalue weighted by Crippen LogP contribution is -2.26. The highest BCUT2D eigenvalue weighted by Crippen LogP contribution is 2.40. The molecule has 0 spiro atoms. The van der Waals surface area contributed by atoms with Crippen molar-refractivity contribution in [3.63, 3.8) is 0 Å². The molecule has 0 aliphatic carbocycles. The van der Waals surface area contributed by atoms with E-state index in [0.29, 0.717) is 10.5 Å². The second kappa shape index (κ2) is 7.04. The SMILES string of the molecule is CCC(C)SC(c1cc(Br)cs1)C(N)CC. The van der Waals surface area contributed by atoms with E-state index in [9.17, 15) is 0 Å². The topological polar surface area (TPSA) is 26.0 Å². The summed E-state index contributed by atoms with van der Waals surface area (Å²) in [7, 11) is 0. The maximum Gasteiger partial charge on any atom is 0.0545 e. The third kappa shape index (κ3) is 4.06. The summed E-state index contributed by atoms with van der Waals surface area (Å²) in [5, 5.41) is 3.25. The van der Waals surface area contributed by atoms with E-state index in [1.165, 1.54) is 15.8 Å². The molecule has 3 unspecified atom stereocenters. The Morgan fingerprint density at radius 3 is 2.56 bits per heavy atom. The van der Waals surface area contributed by atoms with E-state index < -0.39 is 0 Å². The van der Waals surface area contributed by atoms with Crippen molar-refractivity contribution < 1.29 is 0 Å². The van der Waals surface area contributed by atoms with Crippen molar-refractivity contribution in [3.05, 3.63) is 20.8 Å². The lowest BCUT2D eigenvalue weighted by Gasteiger charge is -2.24. The van der Waals surface area contributed by atoms with E-state index in [2.05, 4.69) is 48.1 Å². The van der Waals surface area contributed by atoms with Crippen LogP contribution in [0.3, 0.4) is 0 Å². The molecule has 92 valence electrons. The van der Waals surface area contributed by atoms with Crippen LogP contribution < -0.4 is 5.73 Å². The van der Waals surface area contributed by atoms with Gasteiger partial charge in [-0.25, -0.2) is 0 Å². The van der Waals surface area contributed by atoms with Crippen LogP contribution in [0.1, 0.15) is 43.7 Å². The maximum absolute atomic E-state index is 6.23. The Balaban J connectivity index is 2.78. The van der Waals surface area contributed by atoms with E-state index in [1.54, 1.807) is 11.3 Å². The zero-order valence-electron chi connectivity index (χ0n) is 10.1. The normalized spacial score (nSPS) is 17.1. The predicted octanol–water partition coefficient (Wildman–Crippen LogP) is 4.82. The summed E-state index contributed by atoms with van der Waals surface area (Å²) in [6.45, 7) is 6.68. The zero-order valence-corrected chi connectivity index (χ0v) is 13.3. The van der Waals surface area contributed by atoms with Crippen LogP contribution in [0.25, 0.3) is 0 Å². The molecule has 16 heavy (non-hydrogen) atoms. The molecule has 0 saturated heterocycles. The molecule has 1 aromatic heterocycles. The molecule has 0 saturated carbocycles. The molecule has 0 bridgehead atoms. The molecule has 0 amide bonds. The number of hydrogen-bond acceptors (Lipinski definition) is 3. The number of nitrogens with two attached hydrogens (primary N) is 1. The number of rotatable bonds is 6. The number of thiophene rings is 1. The molecule has 4 heteroatoms. The molecule has 1 nitrogen and oxygen atoms in total. The molecule has 0 aromatic carbocycles. The zero-order chi connectivity index (χ0) is 12.1. The highest BCUT2D eigenvalue weighted by atomic mass is 79.9. The largest absolute Gasteiger partial charge is 0.326 e. The van der Waals surface area contributed by atoms with Crippen LogP contribution in [-0.4, -0.2) is 11.3 Å². The summed E-state index contributed by atoms with van der Waals surface area (Å²) >= 11 is 7.33. The predicted molar refractivity (Wildman–Crippen MR) is 80.4 cm³/mol. The van der Waals surface area contributed by atoms with Crippen molar-refractivity contribution in [2.75, 3.05) is 0 Å². The van der Waals surface area contributed by atoms with Crippen LogP contribution in [0.2, 0.25) is 0 Å². The smallest absolute Gasteiger partial charge is 0.0545 e. The summed E-state index contributed by atoms with van der Waals surface area (Å²) < 4.78 is 1.17. The fourth-order valence-corrected chi connectivity index (χ4v) is 4.54. The van der Waals surface area contributed by atoms with Gasteiger partial charge in [0, 0.05) is 26.0 Å². The number of thioether (sulfide) groups is 1. The lowest BCUT2D eigenvalue weighted by atomic mass is 10.1. The highest BCUT2D eigenvalue weighted by Gasteiger charge is 2.22. The standard InChI is InChI=1S/C12H20BrNS2/c1-4-8(3)16-12(10(14)5-2)11-6-9(13)7-15-11/h6-8,10,12H,4-5,14H2,1-3H3. The number of halogens is 1. The van der Waals surface area contributed by atoms with Crippen LogP contribution in [0.4, 0.5) is 0 Å². The Bertz CT molecular complexity index is 314. The summed E-state index contributed by atoms with van der Waals surface area (Å²) in [5.41, 5.74) is 6.23. The van der Waals surface area contributed by atoms with Gasteiger partial charge in [0.1, 0.15) is 0 Å². The number of hydrogen-bond donors (Lipinski definition) is 1. The Kier molecular flexibility index (Phi) is 6.40. The minimum atomic E-state index is 0.254. The molecule has 1 rings (SSSR count). The molecular formula is C12H20BrNS2. The van der Waals surface area contributed by atoms with Gasteiger partial charge in [-0.05, 0) is 34.8 Å². The van der Waals surface area contributed by atoms with Crippen molar-refractivity contribution in [3.8, 4) is 0 Å². The maximum atomic E-state index is 6.23. The Morgan fingerprint density at radius 2 is 2.12 bits per heavy atom. The Morgan fingerprint density at radius 1 is 1.44 bits per heavy atom. The van der Waals surface area contributed by atoms with Crippen molar-refractivity contribution in [1.82, 2.24) is 0 Å². The summed E-state index contributed by atoms with van der Waals surface area (Å²) in [6.07, 6.45) is 2.23. The average molecular weight is 322 g/mol. The first-order valence-electron chi connectivity index (χ1n) is 5.73. The molecular weight excluding hydrogens is 302 g/mol. The average Bonchev–Trinajstić information content (AvgIpc) is 2.71. The molecule has 2 N–H and O–H groups in total. The van der Waals surface area contributed by atoms with Gasteiger partial charge in [-0.3, -0.25) is 0 Å². The monoisotopic (exact) mass is 321 g/mol. The van der Waals surface area contributed by atoms with Crippen molar-refractivity contribution in [1.29, 1.82) is 0 Å². The van der Waals surface area contributed by atoms with Crippen LogP contribution in [0.15, 0.2) is 15.9 Å². The van der Waals surface area contributed by atoms with Crippen LogP contribution in [0.5, 0.6) is 0 Å². The van der Waals surface area contributed by atoms with E-state index in [4.69, 9.17) is 5.73 Å². The summed E-state index contributed by atoms with van der Waals surface area (Å²) in [5.74, 6) is 0.